The lowest BCUT2D eigenvalue weighted by molar-refractivity contribution is 0.443. The number of hydrogen-bond donors (Lipinski definition) is 3. The van der Waals surface area contributed by atoms with Crippen molar-refractivity contribution in [2.24, 2.45) is 0 Å². The third-order valence-corrected chi connectivity index (χ3v) is 3.61. The van der Waals surface area contributed by atoms with Crippen LogP contribution in [0, 0.1) is 4.77 Å². The number of aromatic amines is 1. The molecule has 0 aromatic carbocycles. The van der Waals surface area contributed by atoms with Crippen LogP contribution in [-0.2, 0) is 13.0 Å². The molecular weight excluding hydrogens is 220 g/mol. The minimum Gasteiger partial charge on any atom is -0.367 e. The summed E-state index contributed by atoms with van der Waals surface area (Å²) in [6.07, 6.45) is 4.86. The van der Waals surface area contributed by atoms with Crippen LogP contribution >= 0.6 is 12.2 Å². The molecular formula is C11H16N4S. The summed E-state index contributed by atoms with van der Waals surface area (Å²) < 4.78 is 0.600. The van der Waals surface area contributed by atoms with Crippen molar-refractivity contribution >= 4 is 18.0 Å². The molecule has 0 amide bonds. The van der Waals surface area contributed by atoms with Gasteiger partial charge in [0, 0.05) is 36.8 Å². The Labute approximate surface area is 99.9 Å². The molecule has 0 saturated heterocycles. The van der Waals surface area contributed by atoms with E-state index in [0.29, 0.717) is 10.8 Å². The fourth-order valence-corrected chi connectivity index (χ4v) is 2.45. The van der Waals surface area contributed by atoms with Crippen LogP contribution in [0.1, 0.15) is 30.5 Å². The molecule has 0 radical (unpaired) electrons. The molecule has 0 bridgehead atoms. The van der Waals surface area contributed by atoms with Crippen molar-refractivity contribution in [1.29, 1.82) is 0 Å². The van der Waals surface area contributed by atoms with Gasteiger partial charge in [-0.1, -0.05) is 0 Å². The Bertz CT molecular complexity index is 450. The normalized spacial score (nSPS) is 20.0. The van der Waals surface area contributed by atoms with Gasteiger partial charge >= 0.3 is 0 Å². The molecule has 0 spiro atoms. The zero-order valence-corrected chi connectivity index (χ0v) is 9.99. The molecule has 1 aliphatic carbocycles. The lowest BCUT2D eigenvalue weighted by atomic mass is 9.93. The predicted octanol–water partition coefficient (Wildman–Crippen LogP) is 1.75. The molecule has 0 atom stereocenters. The van der Waals surface area contributed by atoms with Crippen LogP contribution in [-0.4, -0.2) is 22.6 Å². The topological polar surface area (TPSA) is 52.7 Å². The molecule has 1 aromatic heterocycles. The van der Waals surface area contributed by atoms with E-state index in [1.54, 1.807) is 0 Å². The third-order valence-electron chi connectivity index (χ3n) is 3.42. The lowest BCUT2D eigenvalue weighted by Gasteiger charge is -2.29. The zero-order chi connectivity index (χ0) is 11.0. The Hall–Kier alpha value is -0.940. The van der Waals surface area contributed by atoms with Crippen LogP contribution in [0.15, 0.2) is 0 Å². The summed E-state index contributed by atoms with van der Waals surface area (Å²) in [5, 5.41) is 6.89. The molecule has 0 unspecified atom stereocenters. The second-order valence-corrected chi connectivity index (χ2v) is 4.93. The van der Waals surface area contributed by atoms with Crippen LogP contribution in [0.5, 0.6) is 0 Å². The van der Waals surface area contributed by atoms with Crippen molar-refractivity contribution in [2.45, 2.75) is 38.3 Å². The Balaban J connectivity index is 1.94. The minimum absolute atomic E-state index is 0.600. The number of H-pyrrole nitrogens is 1. The molecule has 2 aliphatic rings. The zero-order valence-electron chi connectivity index (χ0n) is 9.18. The SMILES string of the molecule is S=c1nc(NC2CCC2)c2c([nH]1)CCNC2. The highest BCUT2D eigenvalue weighted by Gasteiger charge is 2.21. The van der Waals surface area contributed by atoms with E-state index in [-0.39, 0.29) is 0 Å². The maximum absolute atomic E-state index is 5.16. The van der Waals surface area contributed by atoms with Gasteiger partial charge in [-0.05, 0) is 31.5 Å². The van der Waals surface area contributed by atoms with Crippen molar-refractivity contribution < 1.29 is 0 Å². The first kappa shape index (κ1) is 10.2. The predicted molar refractivity (Wildman–Crippen MR) is 66.1 cm³/mol. The van der Waals surface area contributed by atoms with E-state index in [1.807, 2.05) is 0 Å². The summed E-state index contributed by atoms with van der Waals surface area (Å²) in [5.74, 6) is 0.996. The molecule has 1 aromatic rings. The van der Waals surface area contributed by atoms with Crippen LogP contribution in [0.2, 0.25) is 0 Å². The summed E-state index contributed by atoms with van der Waals surface area (Å²) in [7, 11) is 0. The van der Waals surface area contributed by atoms with Crippen LogP contribution in [0.25, 0.3) is 0 Å². The highest BCUT2D eigenvalue weighted by atomic mass is 32.1. The van der Waals surface area contributed by atoms with Crippen molar-refractivity contribution in [3.63, 3.8) is 0 Å². The van der Waals surface area contributed by atoms with E-state index in [2.05, 4.69) is 20.6 Å². The smallest absolute Gasteiger partial charge is 0.198 e. The van der Waals surface area contributed by atoms with Gasteiger partial charge in [0.1, 0.15) is 5.82 Å². The summed E-state index contributed by atoms with van der Waals surface area (Å²) in [6.45, 7) is 1.91. The van der Waals surface area contributed by atoms with Gasteiger partial charge in [-0.15, -0.1) is 0 Å². The van der Waals surface area contributed by atoms with E-state index in [0.717, 1.165) is 25.3 Å². The monoisotopic (exact) mass is 236 g/mol. The fraction of sp³-hybridized carbons (Fsp3) is 0.636. The van der Waals surface area contributed by atoms with Gasteiger partial charge in [-0.25, -0.2) is 4.98 Å². The lowest BCUT2D eigenvalue weighted by Crippen LogP contribution is -2.31. The Morgan fingerprint density at radius 2 is 2.25 bits per heavy atom. The summed E-state index contributed by atoms with van der Waals surface area (Å²) >= 11 is 5.16. The third kappa shape index (κ3) is 1.85. The Kier molecular flexibility index (Phi) is 2.65. The van der Waals surface area contributed by atoms with Gasteiger partial charge < -0.3 is 15.6 Å². The summed E-state index contributed by atoms with van der Waals surface area (Å²) in [4.78, 5) is 7.62. The number of aromatic nitrogens is 2. The Morgan fingerprint density at radius 3 is 3.00 bits per heavy atom. The molecule has 5 heteroatoms. The highest BCUT2D eigenvalue weighted by Crippen LogP contribution is 2.26. The number of rotatable bonds is 2. The molecule has 3 rings (SSSR count). The molecule has 2 heterocycles. The fourth-order valence-electron chi connectivity index (χ4n) is 2.24. The van der Waals surface area contributed by atoms with Gasteiger partial charge in [0.05, 0.1) is 0 Å². The standard InChI is InChI=1S/C11H16N4S/c16-11-14-9-4-5-12-6-8(9)10(15-11)13-7-2-1-3-7/h7,12H,1-6H2,(H2,13,14,15,16). The maximum atomic E-state index is 5.16. The molecule has 1 fully saturated rings. The first-order chi connectivity index (χ1) is 7.83. The average molecular weight is 236 g/mol. The average Bonchev–Trinajstić information content (AvgIpc) is 2.23. The van der Waals surface area contributed by atoms with Crippen molar-refractivity contribution in [1.82, 2.24) is 15.3 Å². The quantitative estimate of drug-likeness (QED) is 0.685. The van der Waals surface area contributed by atoms with Crippen LogP contribution < -0.4 is 10.6 Å². The van der Waals surface area contributed by atoms with E-state index in [4.69, 9.17) is 12.2 Å². The molecule has 3 N–H and O–H groups in total. The van der Waals surface area contributed by atoms with E-state index in [9.17, 15) is 0 Å². The Morgan fingerprint density at radius 1 is 1.38 bits per heavy atom. The molecule has 4 nitrogen and oxygen atoms in total. The van der Waals surface area contributed by atoms with Gasteiger partial charge in [0.25, 0.3) is 0 Å². The van der Waals surface area contributed by atoms with Crippen molar-refractivity contribution in [2.75, 3.05) is 11.9 Å². The summed E-state index contributed by atoms with van der Waals surface area (Å²) in [6, 6.07) is 0.607. The van der Waals surface area contributed by atoms with E-state index >= 15 is 0 Å². The molecule has 16 heavy (non-hydrogen) atoms. The number of nitrogens with zero attached hydrogens (tertiary/aromatic N) is 1. The van der Waals surface area contributed by atoms with E-state index in [1.165, 1.54) is 30.5 Å². The highest BCUT2D eigenvalue weighted by molar-refractivity contribution is 7.71. The number of fused-ring (bicyclic) bond motifs is 1. The number of anilines is 1. The van der Waals surface area contributed by atoms with Gasteiger partial charge in [0.2, 0.25) is 0 Å². The first-order valence-electron chi connectivity index (χ1n) is 5.92. The van der Waals surface area contributed by atoms with Crippen LogP contribution in [0.4, 0.5) is 5.82 Å². The van der Waals surface area contributed by atoms with Crippen LogP contribution in [0.3, 0.4) is 0 Å². The second-order valence-electron chi connectivity index (χ2n) is 4.55. The molecule has 1 aliphatic heterocycles. The maximum Gasteiger partial charge on any atom is 0.198 e. The van der Waals surface area contributed by atoms with Gasteiger partial charge in [-0.3, -0.25) is 0 Å². The first-order valence-corrected chi connectivity index (χ1v) is 6.33. The van der Waals surface area contributed by atoms with Crippen molar-refractivity contribution in [3.8, 4) is 0 Å². The molecule has 1 saturated carbocycles. The minimum atomic E-state index is 0.600. The largest absolute Gasteiger partial charge is 0.367 e. The second kappa shape index (κ2) is 4.14. The van der Waals surface area contributed by atoms with Gasteiger partial charge in [0.15, 0.2) is 4.77 Å². The number of nitrogens with one attached hydrogen (secondary N) is 3. The van der Waals surface area contributed by atoms with Crippen molar-refractivity contribution in [3.05, 3.63) is 16.0 Å². The van der Waals surface area contributed by atoms with Gasteiger partial charge in [-0.2, -0.15) is 0 Å². The summed E-state index contributed by atoms with van der Waals surface area (Å²) in [5.41, 5.74) is 2.52. The molecule has 86 valence electrons. The van der Waals surface area contributed by atoms with E-state index < -0.39 is 0 Å². The number of hydrogen-bond acceptors (Lipinski definition) is 4.